The topological polar surface area (TPSA) is 35.6 Å². The molecule has 2 saturated heterocycles. The number of nitrogens with zero attached hydrogens (tertiary/aromatic N) is 2. The molecular weight excluding hydrogens is 297 g/mol. The van der Waals surface area contributed by atoms with E-state index in [0.29, 0.717) is 11.8 Å². The third kappa shape index (κ3) is 5.40. The third-order valence-electron chi connectivity index (χ3n) is 4.35. The number of nitrogens with one attached hydrogen (secondary N) is 1. The van der Waals surface area contributed by atoms with Crippen molar-refractivity contribution < 1.29 is 4.79 Å². The molecule has 2 unspecified atom stereocenters. The van der Waals surface area contributed by atoms with Gasteiger partial charge in [0.05, 0.1) is 5.92 Å². The molecule has 6 heteroatoms. The van der Waals surface area contributed by atoms with Crippen LogP contribution in [0.2, 0.25) is 0 Å². The van der Waals surface area contributed by atoms with Crippen molar-refractivity contribution in [1.82, 2.24) is 15.1 Å². The maximum absolute atomic E-state index is 12.4. The van der Waals surface area contributed by atoms with Crippen LogP contribution >= 0.6 is 24.8 Å². The zero-order chi connectivity index (χ0) is 13.0. The monoisotopic (exact) mass is 325 g/mol. The fraction of sp³-hybridized carbons (Fsp3) is 0.929. The number of halogens is 2. The average molecular weight is 326 g/mol. The van der Waals surface area contributed by atoms with Crippen molar-refractivity contribution in [2.24, 2.45) is 11.8 Å². The summed E-state index contributed by atoms with van der Waals surface area (Å²) < 4.78 is 0. The second-order valence-electron chi connectivity index (χ2n) is 5.84. The molecule has 2 rings (SSSR count). The van der Waals surface area contributed by atoms with Crippen molar-refractivity contribution in [3.8, 4) is 0 Å². The second-order valence-corrected chi connectivity index (χ2v) is 5.84. The molecule has 2 fully saturated rings. The van der Waals surface area contributed by atoms with Gasteiger partial charge in [-0.2, -0.15) is 0 Å². The standard InChI is InChI=1S/C14H27N3O.2ClH/c1-3-16(2)10-12-6-8-17(11-12)14(18)13-5-4-7-15-9-13;;/h12-13,15H,3-11H2,1-2H3;2*1H. The zero-order valence-electron chi connectivity index (χ0n) is 12.6. The van der Waals surface area contributed by atoms with E-state index in [4.69, 9.17) is 0 Å². The summed E-state index contributed by atoms with van der Waals surface area (Å²) in [5.74, 6) is 1.31. The Bertz CT molecular complexity index is 286. The van der Waals surface area contributed by atoms with Crippen LogP contribution in [0.15, 0.2) is 0 Å². The number of amides is 1. The summed E-state index contributed by atoms with van der Waals surface area (Å²) in [5.41, 5.74) is 0. The fourth-order valence-corrected chi connectivity index (χ4v) is 3.07. The van der Waals surface area contributed by atoms with Gasteiger partial charge >= 0.3 is 0 Å². The molecule has 20 heavy (non-hydrogen) atoms. The highest BCUT2D eigenvalue weighted by Crippen LogP contribution is 2.21. The summed E-state index contributed by atoms with van der Waals surface area (Å²) in [6.07, 6.45) is 3.39. The Kier molecular flexibility index (Phi) is 9.81. The number of carbonyl (C=O) groups is 1. The zero-order valence-corrected chi connectivity index (χ0v) is 14.3. The summed E-state index contributed by atoms with van der Waals surface area (Å²) in [7, 11) is 2.16. The van der Waals surface area contributed by atoms with Gasteiger partial charge in [0, 0.05) is 26.2 Å². The Balaban J connectivity index is 0.00000180. The molecule has 2 aliphatic heterocycles. The van der Waals surface area contributed by atoms with Crippen molar-refractivity contribution in [3.63, 3.8) is 0 Å². The van der Waals surface area contributed by atoms with Crippen molar-refractivity contribution >= 4 is 30.7 Å². The molecule has 2 aliphatic rings. The molecule has 2 heterocycles. The molecule has 2 atom stereocenters. The van der Waals surface area contributed by atoms with Crippen LogP contribution in [-0.2, 0) is 4.79 Å². The van der Waals surface area contributed by atoms with Crippen LogP contribution in [-0.4, -0.2) is 62.0 Å². The Morgan fingerprint density at radius 3 is 2.70 bits per heavy atom. The van der Waals surface area contributed by atoms with Gasteiger partial charge < -0.3 is 15.1 Å². The summed E-state index contributed by atoms with van der Waals surface area (Å²) in [6, 6.07) is 0. The highest BCUT2D eigenvalue weighted by molar-refractivity contribution is 5.85. The molecule has 4 nitrogen and oxygen atoms in total. The third-order valence-corrected chi connectivity index (χ3v) is 4.35. The molecule has 0 spiro atoms. The number of hydrogen-bond donors (Lipinski definition) is 1. The Morgan fingerprint density at radius 2 is 2.10 bits per heavy atom. The first-order valence-corrected chi connectivity index (χ1v) is 7.38. The van der Waals surface area contributed by atoms with E-state index < -0.39 is 0 Å². The summed E-state index contributed by atoms with van der Waals surface area (Å²) >= 11 is 0. The minimum atomic E-state index is 0. The fourth-order valence-electron chi connectivity index (χ4n) is 3.07. The normalized spacial score (nSPS) is 26.1. The van der Waals surface area contributed by atoms with Gasteiger partial charge in [0.2, 0.25) is 5.91 Å². The molecule has 120 valence electrons. The van der Waals surface area contributed by atoms with Crippen molar-refractivity contribution in [2.45, 2.75) is 26.2 Å². The molecule has 0 aromatic heterocycles. The van der Waals surface area contributed by atoms with Gasteiger partial charge in [0.25, 0.3) is 0 Å². The molecular formula is C14H29Cl2N3O. The van der Waals surface area contributed by atoms with E-state index >= 15 is 0 Å². The first-order chi connectivity index (χ1) is 8.70. The minimum Gasteiger partial charge on any atom is -0.342 e. The maximum Gasteiger partial charge on any atom is 0.226 e. The van der Waals surface area contributed by atoms with E-state index in [2.05, 4.69) is 29.1 Å². The van der Waals surface area contributed by atoms with Crippen LogP contribution in [0.4, 0.5) is 0 Å². The van der Waals surface area contributed by atoms with Crippen LogP contribution < -0.4 is 5.32 Å². The van der Waals surface area contributed by atoms with E-state index in [1.807, 2.05) is 0 Å². The molecule has 1 amide bonds. The highest BCUT2D eigenvalue weighted by Gasteiger charge is 2.31. The van der Waals surface area contributed by atoms with Gasteiger partial charge in [-0.3, -0.25) is 4.79 Å². The maximum atomic E-state index is 12.4. The van der Waals surface area contributed by atoms with Crippen LogP contribution in [0.3, 0.4) is 0 Å². The highest BCUT2D eigenvalue weighted by atomic mass is 35.5. The van der Waals surface area contributed by atoms with Crippen LogP contribution in [0.1, 0.15) is 26.2 Å². The number of carbonyl (C=O) groups excluding carboxylic acids is 1. The van der Waals surface area contributed by atoms with Gasteiger partial charge in [0.15, 0.2) is 0 Å². The van der Waals surface area contributed by atoms with E-state index in [9.17, 15) is 4.79 Å². The predicted octanol–water partition coefficient (Wildman–Crippen LogP) is 1.63. The second kappa shape index (κ2) is 9.82. The average Bonchev–Trinajstić information content (AvgIpc) is 2.87. The van der Waals surface area contributed by atoms with Gasteiger partial charge in [-0.15, -0.1) is 24.8 Å². The predicted molar refractivity (Wildman–Crippen MR) is 87.9 cm³/mol. The van der Waals surface area contributed by atoms with E-state index in [-0.39, 0.29) is 30.7 Å². The minimum absolute atomic E-state index is 0. The van der Waals surface area contributed by atoms with Crippen LogP contribution in [0.25, 0.3) is 0 Å². The lowest BCUT2D eigenvalue weighted by Gasteiger charge is -2.27. The lowest BCUT2D eigenvalue weighted by Crippen LogP contribution is -2.42. The number of rotatable bonds is 4. The Hall–Kier alpha value is -0.0300. The van der Waals surface area contributed by atoms with Crippen molar-refractivity contribution in [2.75, 3.05) is 46.3 Å². The quantitative estimate of drug-likeness (QED) is 0.853. The number of piperidine rings is 1. The van der Waals surface area contributed by atoms with Crippen molar-refractivity contribution in [1.29, 1.82) is 0 Å². The van der Waals surface area contributed by atoms with E-state index in [1.54, 1.807) is 0 Å². The Labute approximate surface area is 135 Å². The molecule has 0 bridgehead atoms. The Morgan fingerprint density at radius 1 is 1.35 bits per heavy atom. The van der Waals surface area contributed by atoms with Crippen LogP contribution in [0, 0.1) is 11.8 Å². The molecule has 0 aliphatic carbocycles. The molecule has 1 N–H and O–H groups in total. The largest absolute Gasteiger partial charge is 0.342 e. The van der Waals surface area contributed by atoms with Crippen molar-refractivity contribution in [3.05, 3.63) is 0 Å². The van der Waals surface area contributed by atoms with Gasteiger partial charge in [-0.1, -0.05) is 6.92 Å². The first kappa shape index (κ1) is 20.0. The van der Waals surface area contributed by atoms with Gasteiger partial charge in [-0.05, 0) is 45.3 Å². The van der Waals surface area contributed by atoms with E-state index in [1.165, 1.54) is 6.42 Å². The molecule has 0 aromatic rings. The number of likely N-dealkylation sites (tertiary alicyclic amines) is 1. The van der Waals surface area contributed by atoms with Gasteiger partial charge in [0.1, 0.15) is 0 Å². The molecule has 0 aromatic carbocycles. The van der Waals surface area contributed by atoms with E-state index in [0.717, 1.165) is 52.1 Å². The first-order valence-electron chi connectivity index (χ1n) is 7.38. The lowest BCUT2D eigenvalue weighted by molar-refractivity contribution is -0.135. The number of hydrogen-bond acceptors (Lipinski definition) is 3. The van der Waals surface area contributed by atoms with Gasteiger partial charge in [-0.25, -0.2) is 0 Å². The summed E-state index contributed by atoms with van der Waals surface area (Å²) in [5, 5.41) is 3.34. The van der Waals surface area contributed by atoms with Crippen LogP contribution in [0.5, 0.6) is 0 Å². The SMILES string of the molecule is CCN(C)CC1CCN(C(=O)C2CCCNC2)C1.Cl.Cl. The summed E-state index contributed by atoms with van der Waals surface area (Å²) in [4.78, 5) is 16.8. The smallest absolute Gasteiger partial charge is 0.226 e. The summed E-state index contributed by atoms with van der Waals surface area (Å²) in [6.45, 7) is 8.31. The molecule has 0 radical (unpaired) electrons. The lowest BCUT2D eigenvalue weighted by atomic mass is 9.98. The molecule has 0 saturated carbocycles.